The van der Waals surface area contributed by atoms with Crippen LogP contribution in [0.4, 0.5) is 0 Å². The van der Waals surface area contributed by atoms with E-state index in [1.54, 1.807) is 60.7 Å². The summed E-state index contributed by atoms with van der Waals surface area (Å²) in [4.78, 5) is 23.7. The van der Waals surface area contributed by atoms with Crippen LogP contribution in [0.2, 0.25) is 0 Å². The fourth-order valence-corrected chi connectivity index (χ4v) is 4.88. The highest BCUT2D eigenvalue weighted by molar-refractivity contribution is 8.04. The maximum absolute atomic E-state index is 13.1. The van der Waals surface area contributed by atoms with Crippen LogP contribution in [-0.2, 0) is 14.8 Å². The van der Waals surface area contributed by atoms with Gasteiger partial charge in [0.1, 0.15) is 11.5 Å². The molecule has 0 spiro atoms. The number of carboxylic acids is 1. The Morgan fingerprint density at radius 2 is 1.58 bits per heavy atom. The summed E-state index contributed by atoms with van der Waals surface area (Å²) in [6.45, 7) is 0. The Bertz CT molecular complexity index is 1400. The summed E-state index contributed by atoms with van der Waals surface area (Å²) in [6, 6.07) is 21.4. The second-order valence-electron chi connectivity index (χ2n) is 6.91. The summed E-state index contributed by atoms with van der Waals surface area (Å²) >= 11 is 0.823. The third kappa shape index (κ3) is 5.21. The molecule has 0 saturated heterocycles. The monoisotopic (exact) mass is 479 g/mol. The zero-order valence-corrected chi connectivity index (χ0v) is 18.7. The predicted octanol–water partition coefficient (Wildman–Crippen LogP) is 4.55. The first-order valence-electron chi connectivity index (χ1n) is 9.72. The van der Waals surface area contributed by atoms with Crippen molar-refractivity contribution in [2.24, 2.45) is 4.40 Å². The quantitative estimate of drug-likeness (QED) is 0.529. The van der Waals surface area contributed by atoms with Gasteiger partial charge < -0.3 is 9.84 Å². The zero-order chi connectivity index (χ0) is 23.4. The van der Waals surface area contributed by atoms with E-state index in [-0.39, 0.29) is 32.6 Å². The predicted molar refractivity (Wildman–Crippen MR) is 126 cm³/mol. The van der Waals surface area contributed by atoms with Gasteiger partial charge in [0.25, 0.3) is 10.0 Å². The molecule has 166 valence electrons. The number of nitrogens with zero attached hydrogens (tertiary/aromatic N) is 1. The highest BCUT2D eigenvalue weighted by Crippen LogP contribution is 2.30. The number of para-hydroxylation sites is 1. The number of thioether (sulfide) groups is 1. The van der Waals surface area contributed by atoms with E-state index in [1.807, 2.05) is 6.07 Å². The van der Waals surface area contributed by atoms with Crippen molar-refractivity contribution in [2.75, 3.05) is 5.75 Å². The van der Waals surface area contributed by atoms with Gasteiger partial charge in [0, 0.05) is 17.2 Å². The summed E-state index contributed by atoms with van der Waals surface area (Å²) in [5.74, 6) is -0.907. The average Bonchev–Trinajstić information content (AvgIpc) is 2.81. The van der Waals surface area contributed by atoms with Crippen LogP contribution in [0.25, 0.3) is 0 Å². The minimum absolute atomic E-state index is 0.0625. The van der Waals surface area contributed by atoms with Crippen molar-refractivity contribution in [3.63, 3.8) is 0 Å². The second kappa shape index (κ2) is 9.43. The summed E-state index contributed by atoms with van der Waals surface area (Å²) in [6.07, 6.45) is 1.32. The van der Waals surface area contributed by atoms with Crippen LogP contribution < -0.4 is 4.74 Å². The van der Waals surface area contributed by atoms with Gasteiger partial charge in [-0.2, -0.15) is 12.8 Å². The maximum Gasteiger partial charge on any atom is 0.313 e. The Morgan fingerprint density at radius 1 is 0.909 bits per heavy atom. The normalized spacial score (nSPS) is 14.5. The summed E-state index contributed by atoms with van der Waals surface area (Å²) in [5, 5.41) is 8.96. The van der Waals surface area contributed by atoms with Gasteiger partial charge in [-0.1, -0.05) is 48.5 Å². The number of allylic oxidation sites excluding steroid dienone is 2. The van der Waals surface area contributed by atoms with Crippen LogP contribution in [0.5, 0.6) is 11.5 Å². The third-order valence-corrected chi connectivity index (χ3v) is 6.88. The van der Waals surface area contributed by atoms with Gasteiger partial charge in [0.15, 0.2) is 5.78 Å². The number of sulfonamides is 1. The van der Waals surface area contributed by atoms with Crippen molar-refractivity contribution in [3.05, 3.63) is 101 Å². The van der Waals surface area contributed by atoms with Gasteiger partial charge in [0.2, 0.25) is 0 Å². The van der Waals surface area contributed by atoms with Gasteiger partial charge in [-0.05, 0) is 30.3 Å². The van der Waals surface area contributed by atoms with Gasteiger partial charge >= 0.3 is 5.97 Å². The molecule has 4 rings (SSSR count). The smallest absolute Gasteiger partial charge is 0.313 e. The highest BCUT2D eigenvalue weighted by Gasteiger charge is 2.27. The van der Waals surface area contributed by atoms with Crippen molar-refractivity contribution < 1.29 is 27.9 Å². The number of Topliss-reactive ketones (excluding diaryl/α,β-unsaturated/α-hetero) is 1. The molecular weight excluding hydrogens is 462 g/mol. The van der Waals surface area contributed by atoms with Gasteiger partial charge in [-0.15, -0.1) is 11.8 Å². The van der Waals surface area contributed by atoms with Gasteiger partial charge in [-0.3, -0.25) is 9.59 Å². The zero-order valence-electron chi connectivity index (χ0n) is 17.0. The minimum Gasteiger partial charge on any atom is -0.481 e. The first-order valence-corrected chi connectivity index (χ1v) is 12.1. The topological polar surface area (TPSA) is 110 Å². The molecule has 0 atom stereocenters. The van der Waals surface area contributed by atoms with Crippen LogP contribution in [-0.4, -0.2) is 36.7 Å². The van der Waals surface area contributed by atoms with Crippen LogP contribution in [0.15, 0.2) is 99.1 Å². The summed E-state index contributed by atoms with van der Waals surface area (Å²) in [7, 11) is -4.16. The number of carbonyl (C=O) groups excluding carboxylic acids is 1. The van der Waals surface area contributed by atoms with Crippen molar-refractivity contribution in [2.45, 2.75) is 4.90 Å². The molecule has 3 aromatic rings. The molecule has 0 bridgehead atoms. The number of carboxylic acid groups (broad SMARTS) is 1. The molecule has 9 heteroatoms. The lowest BCUT2D eigenvalue weighted by Crippen LogP contribution is -2.18. The number of fused-ring (bicyclic) bond motifs is 1. The molecule has 1 N–H and O–H groups in total. The van der Waals surface area contributed by atoms with Crippen molar-refractivity contribution in [1.29, 1.82) is 0 Å². The van der Waals surface area contributed by atoms with E-state index in [2.05, 4.69) is 4.40 Å². The molecule has 0 amide bonds. The molecule has 0 heterocycles. The van der Waals surface area contributed by atoms with E-state index in [4.69, 9.17) is 9.84 Å². The number of carbonyl (C=O) groups is 2. The molecule has 0 fully saturated rings. The van der Waals surface area contributed by atoms with Crippen LogP contribution >= 0.6 is 11.8 Å². The number of benzene rings is 3. The van der Waals surface area contributed by atoms with E-state index in [0.29, 0.717) is 17.1 Å². The lowest BCUT2D eigenvalue weighted by atomic mass is 9.94. The van der Waals surface area contributed by atoms with Gasteiger partial charge in [-0.25, -0.2) is 0 Å². The molecule has 0 unspecified atom stereocenters. The van der Waals surface area contributed by atoms with E-state index >= 15 is 0 Å². The van der Waals surface area contributed by atoms with Crippen molar-refractivity contribution >= 4 is 39.2 Å². The SMILES string of the molecule is O=C(O)CSC1=C/C(=N\S(=O)(=O)c2cccc(Oc3ccccc3)c2)c2ccccc2C1=O. The Morgan fingerprint density at radius 3 is 2.30 bits per heavy atom. The Hall–Kier alpha value is -3.69. The summed E-state index contributed by atoms with van der Waals surface area (Å²) in [5.41, 5.74) is 0.693. The highest BCUT2D eigenvalue weighted by atomic mass is 32.2. The molecule has 0 radical (unpaired) electrons. The largest absolute Gasteiger partial charge is 0.481 e. The standard InChI is InChI=1S/C24H17NO6S2/c26-23(27)15-32-22-14-21(19-11-4-5-12-20(19)24(22)28)25-33(29,30)18-10-6-9-17(13-18)31-16-7-2-1-3-8-16/h1-14H,15H2,(H,26,27)/b25-21+. The van der Waals surface area contributed by atoms with Crippen LogP contribution in [0.1, 0.15) is 15.9 Å². The minimum atomic E-state index is -4.16. The third-order valence-electron chi connectivity index (χ3n) is 4.59. The number of hydrogen-bond donors (Lipinski definition) is 1. The number of aliphatic carboxylic acids is 1. The molecule has 7 nitrogen and oxygen atoms in total. The number of ketones is 1. The Kier molecular flexibility index (Phi) is 6.43. The Balaban J connectivity index is 1.72. The molecule has 3 aromatic carbocycles. The molecule has 1 aliphatic rings. The average molecular weight is 480 g/mol. The number of ether oxygens (including phenoxy) is 1. The van der Waals surface area contributed by atoms with Crippen molar-refractivity contribution in [1.82, 2.24) is 0 Å². The lowest BCUT2D eigenvalue weighted by Gasteiger charge is -2.16. The molecule has 1 aliphatic carbocycles. The van der Waals surface area contributed by atoms with Crippen molar-refractivity contribution in [3.8, 4) is 11.5 Å². The Labute approximate surface area is 194 Å². The molecule has 0 aliphatic heterocycles. The molecule has 0 aromatic heterocycles. The molecular formula is C24H17NO6S2. The van der Waals surface area contributed by atoms with E-state index in [0.717, 1.165) is 11.8 Å². The number of rotatable bonds is 7. The summed E-state index contributed by atoms with van der Waals surface area (Å²) < 4.78 is 35.9. The molecule has 33 heavy (non-hydrogen) atoms. The van der Waals surface area contributed by atoms with Crippen LogP contribution in [0.3, 0.4) is 0 Å². The number of hydrogen-bond acceptors (Lipinski definition) is 6. The molecule has 0 saturated carbocycles. The van der Waals surface area contributed by atoms with E-state index < -0.39 is 16.0 Å². The first kappa shape index (κ1) is 22.5. The van der Waals surface area contributed by atoms with Gasteiger partial charge in [0.05, 0.1) is 21.3 Å². The second-order valence-corrected chi connectivity index (χ2v) is 9.53. The fraction of sp³-hybridized carbons (Fsp3) is 0.0417. The fourth-order valence-electron chi connectivity index (χ4n) is 3.13. The van der Waals surface area contributed by atoms with Crippen LogP contribution in [0, 0.1) is 0 Å². The first-order chi connectivity index (χ1) is 15.8. The lowest BCUT2D eigenvalue weighted by molar-refractivity contribution is -0.133. The van der Waals surface area contributed by atoms with E-state index in [1.165, 1.54) is 18.2 Å². The maximum atomic E-state index is 13.1. The van der Waals surface area contributed by atoms with E-state index in [9.17, 15) is 18.0 Å².